The van der Waals surface area contributed by atoms with Crippen molar-refractivity contribution in [1.82, 2.24) is 4.90 Å². The molecule has 0 aromatic heterocycles. The van der Waals surface area contributed by atoms with E-state index in [0.717, 1.165) is 35.5 Å². The number of carbonyl (C=O) groups excluding carboxylic acids is 1. The number of hydrogen-bond donors (Lipinski definition) is 0. The molecule has 5 heteroatoms. The van der Waals surface area contributed by atoms with Crippen LogP contribution in [0.1, 0.15) is 0 Å². The van der Waals surface area contributed by atoms with E-state index < -0.39 is 0 Å². The molecule has 0 atom stereocenters. The second-order valence-corrected chi connectivity index (χ2v) is 6.69. The van der Waals surface area contributed by atoms with Gasteiger partial charge in [-0.3, -0.25) is 4.79 Å². The van der Waals surface area contributed by atoms with E-state index in [1.54, 1.807) is 0 Å². The third kappa shape index (κ3) is 4.37. The van der Waals surface area contributed by atoms with Crippen molar-refractivity contribution in [1.29, 1.82) is 0 Å². The number of amides is 1. The van der Waals surface area contributed by atoms with E-state index >= 15 is 0 Å². The van der Waals surface area contributed by atoms with Crippen LogP contribution >= 0.6 is 22.6 Å². The number of hydrogen-bond acceptors (Lipinski definition) is 3. The Morgan fingerprint density at radius 3 is 2.26 bits per heavy atom. The molecule has 1 saturated heterocycles. The van der Waals surface area contributed by atoms with Gasteiger partial charge in [0.2, 0.25) is 0 Å². The van der Waals surface area contributed by atoms with Gasteiger partial charge in [-0.15, -0.1) is 0 Å². The van der Waals surface area contributed by atoms with E-state index in [0.29, 0.717) is 0 Å². The van der Waals surface area contributed by atoms with E-state index in [1.807, 2.05) is 47.4 Å². The second kappa shape index (κ2) is 7.68. The highest BCUT2D eigenvalue weighted by Gasteiger charge is 2.21. The first-order valence-electron chi connectivity index (χ1n) is 7.68. The van der Waals surface area contributed by atoms with Crippen LogP contribution in [0, 0.1) is 3.57 Å². The molecule has 0 spiro atoms. The van der Waals surface area contributed by atoms with Gasteiger partial charge in [0.15, 0.2) is 6.61 Å². The molecule has 4 nitrogen and oxygen atoms in total. The summed E-state index contributed by atoms with van der Waals surface area (Å²) in [4.78, 5) is 16.5. The third-order valence-corrected chi connectivity index (χ3v) is 4.65. The zero-order valence-electron chi connectivity index (χ0n) is 12.8. The number of carbonyl (C=O) groups is 1. The van der Waals surface area contributed by atoms with Crippen molar-refractivity contribution in [2.24, 2.45) is 0 Å². The average molecular weight is 422 g/mol. The predicted octanol–water partition coefficient (Wildman–Crippen LogP) is 3.02. The molecule has 120 valence electrons. The lowest BCUT2D eigenvalue weighted by Crippen LogP contribution is -2.50. The van der Waals surface area contributed by atoms with E-state index in [9.17, 15) is 4.79 Å². The molecule has 1 aliphatic heterocycles. The van der Waals surface area contributed by atoms with Crippen LogP contribution in [0.15, 0.2) is 54.6 Å². The van der Waals surface area contributed by atoms with Crippen molar-refractivity contribution >= 4 is 34.2 Å². The van der Waals surface area contributed by atoms with Gasteiger partial charge in [0.1, 0.15) is 5.75 Å². The molecular formula is C18H19IN2O2. The van der Waals surface area contributed by atoms with Gasteiger partial charge in [0.05, 0.1) is 0 Å². The van der Waals surface area contributed by atoms with Crippen molar-refractivity contribution < 1.29 is 9.53 Å². The van der Waals surface area contributed by atoms with Crippen molar-refractivity contribution in [3.63, 3.8) is 0 Å². The molecule has 0 saturated carbocycles. The van der Waals surface area contributed by atoms with Crippen LogP contribution in [0.2, 0.25) is 0 Å². The summed E-state index contributed by atoms with van der Waals surface area (Å²) in [6, 6.07) is 18.0. The van der Waals surface area contributed by atoms with Gasteiger partial charge in [0, 0.05) is 35.4 Å². The maximum atomic E-state index is 12.3. The highest BCUT2D eigenvalue weighted by molar-refractivity contribution is 14.1. The predicted molar refractivity (Wildman–Crippen MR) is 99.9 cm³/mol. The summed E-state index contributed by atoms with van der Waals surface area (Å²) in [5.74, 6) is 0.790. The number of anilines is 1. The van der Waals surface area contributed by atoms with Crippen LogP contribution in [-0.2, 0) is 4.79 Å². The number of nitrogens with zero attached hydrogens (tertiary/aromatic N) is 2. The van der Waals surface area contributed by atoms with Gasteiger partial charge in [-0.05, 0) is 59.0 Å². The SMILES string of the molecule is O=C(COc1ccc(I)cc1)N1CCN(c2ccccc2)CC1. The molecule has 0 aliphatic carbocycles. The van der Waals surface area contributed by atoms with Gasteiger partial charge in [-0.2, -0.15) is 0 Å². The zero-order valence-corrected chi connectivity index (χ0v) is 15.0. The Kier molecular flexibility index (Phi) is 5.38. The topological polar surface area (TPSA) is 32.8 Å². The molecule has 2 aromatic rings. The molecule has 1 fully saturated rings. The van der Waals surface area contributed by atoms with Crippen LogP contribution in [-0.4, -0.2) is 43.6 Å². The van der Waals surface area contributed by atoms with Crippen LogP contribution in [0.5, 0.6) is 5.75 Å². The lowest BCUT2D eigenvalue weighted by atomic mass is 10.2. The summed E-state index contributed by atoms with van der Waals surface area (Å²) in [6.07, 6.45) is 0. The number of benzene rings is 2. The fourth-order valence-electron chi connectivity index (χ4n) is 2.62. The van der Waals surface area contributed by atoms with E-state index in [2.05, 4.69) is 39.6 Å². The first kappa shape index (κ1) is 16.1. The second-order valence-electron chi connectivity index (χ2n) is 5.45. The summed E-state index contributed by atoms with van der Waals surface area (Å²) in [5, 5.41) is 0. The third-order valence-electron chi connectivity index (χ3n) is 3.93. The van der Waals surface area contributed by atoms with Crippen LogP contribution in [0.3, 0.4) is 0 Å². The van der Waals surface area contributed by atoms with Crippen LogP contribution in [0.25, 0.3) is 0 Å². The van der Waals surface area contributed by atoms with Crippen molar-refractivity contribution in [3.05, 3.63) is 58.2 Å². The van der Waals surface area contributed by atoms with E-state index in [-0.39, 0.29) is 12.5 Å². The zero-order chi connectivity index (χ0) is 16.1. The first-order valence-corrected chi connectivity index (χ1v) is 8.76. The van der Waals surface area contributed by atoms with Gasteiger partial charge in [0.25, 0.3) is 5.91 Å². The minimum Gasteiger partial charge on any atom is -0.484 e. The number of ether oxygens (including phenoxy) is 1. The van der Waals surface area contributed by atoms with Gasteiger partial charge in [-0.1, -0.05) is 18.2 Å². The van der Waals surface area contributed by atoms with Crippen molar-refractivity contribution in [2.75, 3.05) is 37.7 Å². The largest absolute Gasteiger partial charge is 0.484 e. The first-order chi connectivity index (χ1) is 11.2. The van der Waals surface area contributed by atoms with Crippen LogP contribution in [0.4, 0.5) is 5.69 Å². The van der Waals surface area contributed by atoms with E-state index in [4.69, 9.17) is 4.74 Å². The number of piperazine rings is 1. The molecule has 23 heavy (non-hydrogen) atoms. The standard InChI is InChI=1S/C18H19IN2O2/c19-15-6-8-17(9-7-15)23-14-18(22)21-12-10-20(11-13-21)16-4-2-1-3-5-16/h1-9H,10-14H2. The Morgan fingerprint density at radius 1 is 0.957 bits per heavy atom. The maximum absolute atomic E-state index is 12.3. The Morgan fingerprint density at radius 2 is 1.61 bits per heavy atom. The van der Waals surface area contributed by atoms with Gasteiger partial charge in [-0.25, -0.2) is 0 Å². The Labute approximate surface area is 150 Å². The normalized spacial score (nSPS) is 14.7. The molecule has 2 aromatic carbocycles. The summed E-state index contributed by atoms with van der Waals surface area (Å²) in [6.45, 7) is 3.30. The summed E-state index contributed by atoms with van der Waals surface area (Å²) in [7, 11) is 0. The van der Waals surface area contributed by atoms with Gasteiger partial charge >= 0.3 is 0 Å². The van der Waals surface area contributed by atoms with Crippen LogP contribution < -0.4 is 9.64 Å². The molecular weight excluding hydrogens is 403 g/mol. The number of halogens is 1. The van der Waals surface area contributed by atoms with E-state index in [1.165, 1.54) is 5.69 Å². The molecule has 3 rings (SSSR count). The summed E-state index contributed by atoms with van der Waals surface area (Å²) < 4.78 is 6.73. The molecule has 1 heterocycles. The molecule has 0 radical (unpaired) electrons. The molecule has 0 bridgehead atoms. The Hall–Kier alpha value is -1.76. The average Bonchev–Trinajstić information content (AvgIpc) is 2.62. The summed E-state index contributed by atoms with van der Waals surface area (Å²) in [5.41, 5.74) is 1.22. The molecule has 0 N–H and O–H groups in total. The molecule has 1 aliphatic rings. The Bertz CT molecular complexity index is 638. The van der Waals surface area contributed by atoms with Gasteiger partial charge < -0.3 is 14.5 Å². The monoisotopic (exact) mass is 422 g/mol. The minimum absolute atomic E-state index is 0.0521. The molecule has 0 unspecified atom stereocenters. The highest BCUT2D eigenvalue weighted by Crippen LogP contribution is 2.16. The summed E-state index contributed by atoms with van der Waals surface area (Å²) >= 11 is 2.24. The lowest BCUT2D eigenvalue weighted by Gasteiger charge is -2.36. The lowest BCUT2D eigenvalue weighted by molar-refractivity contribution is -0.133. The fourth-order valence-corrected chi connectivity index (χ4v) is 2.98. The quantitative estimate of drug-likeness (QED) is 0.711. The number of para-hydroxylation sites is 1. The minimum atomic E-state index is 0.0521. The molecule has 1 amide bonds. The Balaban J connectivity index is 1.47. The fraction of sp³-hybridized carbons (Fsp3) is 0.278. The van der Waals surface area contributed by atoms with Crippen molar-refractivity contribution in [3.8, 4) is 5.75 Å². The highest BCUT2D eigenvalue weighted by atomic mass is 127. The maximum Gasteiger partial charge on any atom is 0.260 e. The number of rotatable bonds is 4. The smallest absolute Gasteiger partial charge is 0.260 e. The van der Waals surface area contributed by atoms with Crippen molar-refractivity contribution in [2.45, 2.75) is 0 Å².